The Bertz CT molecular complexity index is 483. The van der Waals surface area contributed by atoms with Gasteiger partial charge in [-0.15, -0.1) is 0 Å². The average molecular weight is 317 g/mol. The van der Waals surface area contributed by atoms with Gasteiger partial charge in [-0.25, -0.2) is 0 Å². The van der Waals surface area contributed by atoms with Gasteiger partial charge in [0.15, 0.2) is 0 Å². The molecule has 0 aromatic heterocycles. The molecule has 4 heteroatoms. The number of benzene rings is 1. The SMILES string of the molecule is CCN(CCNC(=O)CCC1CCNCC1)c1cccc(C)c1. The van der Waals surface area contributed by atoms with Crippen molar-refractivity contribution in [1.82, 2.24) is 10.6 Å². The second kappa shape index (κ2) is 9.56. The zero-order valence-corrected chi connectivity index (χ0v) is 14.6. The first kappa shape index (κ1) is 17.8. The Kier molecular flexibility index (Phi) is 7.40. The van der Waals surface area contributed by atoms with Gasteiger partial charge in [-0.3, -0.25) is 4.79 Å². The van der Waals surface area contributed by atoms with Crippen molar-refractivity contribution in [1.29, 1.82) is 0 Å². The summed E-state index contributed by atoms with van der Waals surface area (Å²) in [5.74, 6) is 0.922. The molecule has 1 saturated heterocycles. The Hall–Kier alpha value is -1.55. The predicted octanol–water partition coefficient (Wildman–Crippen LogP) is 2.72. The van der Waals surface area contributed by atoms with Crippen LogP contribution in [0.2, 0.25) is 0 Å². The fourth-order valence-corrected chi connectivity index (χ4v) is 3.22. The first-order valence-corrected chi connectivity index (χ1v) is 8.98. The van der Waals surface area contributed by atoms with E-state index in [1.165, 1.54) is 24.1 Å². The fraction of sp³-hybridized carbons (Fsp3) is 0.632. The predicted molar refractivity (Wildman–Crippen MR) is 96.9 cm³/mol. The molecule has 0 spiro atoms. The molecule has 128 valence electrons. The Morgan fingerprint density at radius 3 is 2.83 bits per heavy atom. The third-order valence-corrected chi connectivity index (χ3v) is 4.69. The molecule has 4 nitrogen and oxygen atoms in total. The molecule has 1 aromatic rings. The van der Waals surface area contributed by atoms with Crippen LogP contribution in [0.15, 0.2) is 24.3 Å². The van der Waals surface area contributed by atoms with Crippen molar-refractivity contribution in [3.8, 4) is 0 Å². The van der Waals surface area contributed by atoms with E-state index in [0.717, 1.165) is 38.5 Å². The summed E-state index contributed by atoms with van der Waals surface area (Å²) in [5.41, 5.74) is 2.50. The molecule has 2 N–H and O–H groups in total. The lowest BCUT2D eigenvalue weighted by molar-refractivity contribution is -0.121. The van der Waals surface area contributed by atoms with Crippen LogP contribution in [-0.2, 0) is 4.79 Å². The largest absolute Gasteiger partial charge is 0.370 e. The van der Waals surface area contributed by atoms with Gasteiger partial charge in [0.05, 0.1) is 0 Å². The van der Waals surface area contributed by atoms with Gasteiger partial charge in [0.2, 0.25) is 5.91 Å². The number of aryl methyl sites for hydroxylation is 1. The summed E-state index contributed by atoms with van der Waals surface area (Å²) in [7, 11) is 0. The fourth-order valence-electron chi connectivity index (χ4n) is 3.22. The molecular weight excluding hydrogens is 286 g/mol. The molecule has 0 bridgehead atoms. The quantitative estimate of drug-likeness (QED) is 0.775. The Labute approximate surface area is 140 Å². The van der Waals surface area contributed by atoms with Crippen molar-refractivity contribution in [2.24, 2.45) is 5.92 Å². The van der Waals surface area contributed by atoms with Crippen LogP contribution in [0, 0.1) is 12.8 Å². The molecule has 1 aliphatic heterocycles. The maximum Gasteiger partial charge on any atom is 0.220 e. The number of hydrogen-bond donors (Lipinski definition) is 2. The number of hydrogen-bond acceptors (Lipinski definition) is 3. The lowest BCUT2D eigenvalue weighted by Crippen LogP contribution is -2.35. The highest BCUT2D eigenvalue weighted by Crippen LogP contribution is 2.17. The molecule has 0 radical (unpaired) electrons. The first-order valence-electron chi connectivity index (χ1n) is 8.98. The smallest absolute Gasteiger partial charge is 0.220 e. The lowest BCUT2D eigenvalue weighted by Gasteiger charge is -2.24. The molecule has 0 unspecified atom stereocenters. The van der Waals surface area contributed by atoms with Crippen LogP contribution >= 0.6 is 0 Å². The van der Waals surface area contributed by atoms with E-state index in [-0.39, 0.29) is 5.91 Å². The van der Waals surface area contributed by atoms with E-state index in [9.17, 15) is 4.79 Å². The molecule has 1 aromatic carbocycles. The molecule has 0 aliphatic carbocycles. The molecule has 1 aliphatic rings. The van der Waals surface area contributed by atoms with Gasteiger partial charge in [-0.05, 0) is 69.8 Å². The molecule has 23 heavy (non-hydrogen) atoms. The van der Waals surface area contributed by atoms with E-state index < -0.39 is 0 Å². The second-order valence-corrected chi connectivity index (χ2v) is 6.50. The third kappa shape index (κ3) is 6.22. The van der Waals surface area contributed by atoms with E-state index in [2.05, 4.69) is 53.6 Å². The van der Waals surface area contributed by atoms with Gasteiger partial charge >= 0.3 is 0 Å². The number of amides is 1. The number of rotatable bonds is 8. The van der Waals surface area contributed by atoms with Crippen molar-refractivity contribution >= 4 is 11.6 Å². The highest BCUT2D eigenvalue weighted by molar-refractivity contribution is 5.75. The summed E-state index contributed by atoms with van der Waals surface area (Å²) in [6.07, 6.45) is 4.12. The summed E-state index contributed by atoms with van der Waals surface area (Å²) in [5, 5.41) is 6.44. The average Bonchev–Trinajstić information content (AvgIpc) is 2.58. The molecular formula is C19H31N3O. The van der Waals surface area contributed by atoms with Gasteiger partial charge in [-0.2, -0.15) is 0 Å². The number of carbonyl (C=O) groups is 1. The standard InChI is InChI=1S/C19H31N3O/c1-3-22(18-6-4-5-16(2)15-18)14-13-21-19(23)8-7-17-9-11-20-12-10-17/h4-6,15,17,20H,3,7-14H2,1-2H3,(H,21,23). The van der Waals surface area contributed by atoms with Gasteiger partial charge in [-0.1, -0.05) is 12.1 Å². The van der Waals surface area contributed by atoms with Crippen molar-refractivity contribution in [2.45, 2.75) is 39.5 Å². The van der Waals surface area contributed by atoms with E-state index >= 15 is 0 Å². The third-order valence-electron chi connectivity index (χ3n) is 4.69. The number of nitrogens with one attached hydrogen (secondary N) is 2. The normalized spacial score (nSPS) is 15.4. The van der Waals surface area contributed by atoms with Gasteiger partial charge < -0.3 is 15.5 Å². The molecule has 0 saturated carbocycles. The van der Waals surface area contributed by atoms with Crippen LogP contribution in [0.25, 0.3) is 0 Å². The van der Waals surface area contributed by atoms with E-state index in [4.69, 9.17) is 0 Å². The van der Waals surface area contributed by atoms with Crippen LogP contribution in [0.5, 0.6) is 0 Å². The van der Waals surface area contributed by atoms with Crippen LogP contribution in [0.3, 0.4) is 0 Å². The maximum absolute atomic E-state index is 12.0. The zero-order chi connectivity index (χ0) is 16.5. The van der Waals surface area contributed by atoms with Gasteiger partial charge in [0, 0.05) is 31.7 Å². The van der Waals surface area contributed by atoms with Gasteiger partial charge in [0.25, 0.3) is 0 Å². The minimum absolute atomic E-state index is 0.198. The molecule has 1 heterocycles. The monoisotopic (exact) mass is 317 g/mol. The number of carbonyl (C=O) groups excluding carboxylic acids is 1. The van der Waals surface area contributed by atoms with E-state index in [0.29, 0.717) is 13.0 Å². The van der Waals surface area contributed by atoms with Crippen LogP contribution in [-0.4, -0.2) is 38.6 Å². The Morgan fingerprint density at radius 1 is 1.35 bits per heavy atom. The van der Waals surface area contributed by atoms with Crippen LogP contribution in [0.1, 0.15) is 38.2 Å². The second-order valence-electron chi connectivity index (χ2n) is 6.50. The Balaban J connectivity index is 1.67. The van der Waals surface area contributed by atoms with E-state index in [1.807, 2.05) is 0 Å². The van der Waals surface area contributed by atoms with Gasteiger partial charge in [0.1, 0.15) is 0 Å². The first-order chi connectivity index (χ1) is 11.2. The van der Waals surface area contributed by atoms with Crippen LogP contribution < -0.4 is 15.5 Å². The van der Waals surface area contributed by atoms with Crippen molar-refractivity contribution < 1.29 is 4.79 Å². The summed E-state index contributed by atoms with van der Waals surface area (Å²) in [6.45, 7) is 9.00. The van der Waals surface area contributed by atoms with Crippen LogP contribution in [0.4, 0.5) is 5.69 Å². The Morgan fingerprint density at radius 2 is 2.13 bits per heavy atom. The minimum atomic E-state index is 0.198. The van der Waals surface area contributed by atoms with Crippen molar-refractivity contribution in [3.63, 3.8) is 0 Å². The summed E-state index contributed by atoms with van der Waals surface area (Å²) in [6, 6.07) is 8.53. The number of likely N-dealkylation sites (N-methyl/N-ethyl adjacent to an activating group) is 1. The maximum atomic E-state index is 12.0. The van der Waals surface area contributed by atoms with Crippen molar-refractivity contribution in [3.05, 3.63) is 29.8 Å². The molecule has 1 fully saturated rings. The number of anilines is 1. The highest BCUT2D eigenvalue weighted by Gasteiger charge is 2.14. The lowest BCUT2D eigenvalue weighted by atomic mass is 9.93. The summed E-state index contributed by atoms with van der Waals surface area (Å²) < 4.78 is 0. The minimum Gasteiger partial charge on any atom is -0.370 e. The number of piperidine rings is 1. The molecule has 1 amide bonds. The van der Waals surface area contributed by atoms with Crippen molar-refractivity contribution in [2.75, 3.05) is 37.6 Å². The molecule has 0 atom stereocenters. The number of nitrogens with zero attached hydrogens (tertiary/aromatic N) is 1. The summed E-state index contributed by atoms with van der Waals surface area (Å²) >= 11 is 0. The zero-order valence-electron chi connectivity index (χ0n) is 14.6. The van der Waals surface area contributed by atoms with E-state index in [1.54, 1.807) is 0 Å². The summed E-state index contributed by atoms with van der Waals surface area (Å²) in [4.78, 5) is 14.3. The highest BCUT2D eigenvalue weighted by atomic mass is 16.1. The topological polar surface area (TPSA) is 44.4 Å². The molecule has 2 rings (SSSR count).